The van der Waals surface area contributed by atoms with E-state index in [9.17, 15) is 14.4 Å². The number of amides is 1. The van der Waals surface area contributed by atoms with E-state index in [4.69, 9.17) is 0 Å². The number of anilines is 1. The Bertz CT molecular complexity index is 1590. The summed E-state index contributed by atoms with van der Waals surface area (Å²) < 4.78 is 0. The predicted molar refractivity (Wildman–Crippen MR) is 144 cm³/mol. The van der Waals surface area contributed by atoms with E-state index in [0.717, 1.165) is 16.7 Å². The van der Waals surface area contributed by atoms with Crippen LogP contribution in [0.4, 0.5) is 5.69 Å². The fourth-order valence-corrected chi connectivity index (χ4v) is 7.21. The second-order valence-corrected chi connectivity index (χ2v) is 10.6. The molecule has 0 aliphatic carbocycles. The summed E-state index contributed by atoms with van der Waals surface area (Å²) in [5.41, 5.74) is 2.57. The number of hydrogen-bond donors (Lipinski definition) is 1. The van der Waals surface area contributed by atoms with E-state index in [1.165, 1.54) is 11.3 Å². The molecule has 5 nitrogen and oxygen atoms in total. The summed E-state index contributed by atoms with van der Waals surface area (Å²) in [6.45, 7) is 0. The topological polar surface area (TPSA) is 66.5 Å². The number of ketones is 2. The first-order chi connectivity index (χ1) is 18.1. The van der Waals surface area contributed by atoms with Crippen LogP contribution in [-0.2, 0) is 10.2 Å². The van der Waals surface area contributed by atoms with Crippen LogP contribution in [0.15, 0.2) is 103 Å². The highest BCUT2D eigenvalue weighted by atomic mass is 32.1. The van der Waals surface area contributed by atoms with Crippen molar-refractivity contribution in [3.63, 3.8) is 0 Å². The minimum atomic E-state index is -1.29. The maximum atomic E-state index is 14.5. The van der Waals surface area contributed by atoms with E-state index >= 15 is 0 Å². The van der Waals surface area contributed by atoms with Gasteiger partial charge in [0.1, 0.15) is 11.5 Å². The quantitative estimate of drug-likeness (QED) is 0.362. The van der Waals surface area contributed by atoms with Gasteiger partial charge < -0.3 is 10.2 Å². The minimum Gasteiger partial charge on any atom is -0.358 e. The van der Waals surface area contributed by atoms with Crippen molar-refractivity contribution in [1.29, 1.82) is 0 Å². The van der Waals surface area contributed by atoms with Gasteiger partial charge in [0.25, 0.3) is 0 Å². The third-order valence-electron chi connectivity index (χ3n) is 7.94. The first-order valence-corrected chi connectivity index (χ1v) is 13.1. The van der Waals surface area contributed by atoms with Gasteiger partial charge in [0.15, 0.2) is 11.6 Å². The normalized spacial score (nSPS) is 24.9. The molecule has 6 heteroatoms. The summed E-state index contributed by atoms with van der Waals surface area (Å²) in [5, 5.41) is 4.94. The maximum Gasteiger partial charge on any atom is 0.238 e. The van der Waals surface area contributed by atoms with Crippen molar-refractivity contribution in [2.45, 2.75) is 17.5 Å². The lowest BCUT2D eigenvalue weighted by Gasteiger charge is -2.38. The number of fused-ring (bicyclic) bond motifs is 6. The number of carbonyl (C=O) groups is 3. The standard InChI is InChI=1S/C31H22N2O3S/c34-27(20-10-2-1-3-11-20)25-26(28(35)24-15-8-18-37-24)33-17-16-19-9-4-5-12-21(19)29(33)31(25)22-13-6-7-14-23(22)32-30(31)36/h1-18,25-26,29H,(H,32,36)/t25-,26-,29+,31+/m0/s1. The Kier molecular flexibility index (Phi) is 4.81. The number of Topliss-reactive ketones (excluding diaryl/α,β-unsaturated/α-hetero) is 2. The van der Waals surface area contributed by atoms with Crippen molar-refractivity contribution < 1.29 is 14.4 Å². The maximum absolute atomic E-state index is 14.5. The van der Waals surface area contributed by atoms with Gasteiger partial charge in [0, 0.05) is 17.5 Å². The summed E-state index contributed by atoms with van der Waals surface area (Å²) in [6.07, 6.45) is 3.87. The Morgan fingerprint density at radius 3 is 2.41 bits per heavy atom. The molecule has 0 saturated carbocycles. The van der Waals surface area contributed by atoms with Gasteiger partial charge in [-0.15, -0.1) is 11.3 Å². The highest BCUT2D eigenvalue weighted by molar-refractivity contribution is 7.12. The number of thiophene rings is 1. The van der Waals surface area contributed by atoms with Crippen LogP contribution in [0.1, 0.15) is 42.8 Å². The predicted octanol–water partition coefficient (Wildman–Crippen LogP) is 5.73. The van der Waals surface area contributed by atoms with Crippen LogP contribution in [0.2, 0.25) is 0 Å². The Labute approximate surface area is 218 Å². The Hall–Kier alpha value is -4.29. The average molecular weight is 503 g/mol. The van der Waals surface area contributed by atoms with Crippen LogP contribution in [0.3, 0.4) is 0 Å². The Morgan fingerprint density at radius 1 is 0.838 bits per heavy atom. The molecule has 7 rings (SSSR count). The van der Waals surface area contributed by atoms with E-state index in [0.29, 0.717) is 16.1 Å². The van der Waals surface area contributed by atoms with Crippen LogP contribution >= 0.6 is 11.3 Å². The van der Waals surface area contributed by atoms with Gasteiger partial charge in [-0.25, -0.2) is 0 Å². The van der Waals surface area contributed by atoms with Gasteiger partial charge in [-0.3, -0.25) is 14.4 Å². The summed E-state index contributed by atoms with van der Waals surface area (Å²) in [4.78, 5) is 45.6. The van der Waals surface area contributed by atoms with Gasteiger partial charge in [0.2, 0.25) is 5.91 Å². The van der Waals surface area contributed by atoms with Crippen molar-refractivity contribution in [3.05, 3.63) is 130 Å². The molecular weight excluding hydrogens is 480 g/mol. The molecule has 37 heavy (non-hydrogen) atoms. The summed E-state index contributed by atoms with van der Waals surface area (Å²) in [5.74, 6) is -1.53. The van der Waals surface area contributed by atoms with Crippen molar-refractivity contribution in [3.8, 4) is 0 Å². The number of rotatable bonds is 4. The number of hydrogen-bond acceptors (Lipinski definition) is 5. The van der Waals surface area contributed by atoms with Crippen LogP contribution in [0.25, 0.3) is 6.08 Å². The highest BCUT2D eigenvalue weighted by Gasteiger charge is 2.70. The van der Waals surface area contributed by atoms with Gasteiger partial charge in [-0.1, -0.05) is 78.9 Å². The number of para-hydroxylation sites is 1. The van der Waals surface area contributed by atoms with Crippen LogP contribution in [0.5, 0.6) is 0 Å². The molecule has 1 saturated heterocycles. The lowest BCUT2D eigenvalue weighted by atomic mass is 9.63. The molecule has 1 spiro atoms. The van der Waals surface area contributed by atoms with E-state index in [-0.39, 0.29) is 17.5 Å². The first-order valence-electron chi connectivity index (χ1n) is 12.2. The molecular formula is C31H22N2O3S. The monoisotopic (exact) mass is 502 g/mol. The molecule has 0 bridgehead atoms. The van der Waals surface area contributed by atoms with Gasteiger partial charge in [-0.2, -0.15) is 0 Å². The van der Waals surface area contributed by atoms with Crippen molar-refractivity contribution in [2.24, 2.45) is 5.92 Å². The van der Waals surface area contributed by atoms with Gasteiger partial charge in [0.05, 0.1) is 16.8 Å². The zero-order chi connectivity index (χ0) is 25.1. The van der Waals surface area contributed by atoms with Gasteiger partial charge in [-0.05, 0) is 40.3 Å². The molecule has 1 aromatic heterocycles. The molecule has 0 radical (unpaired) electrons. The molecule has 4 aromatic rings. The fraction of sp³-hybridized carbons (Fsp3) is 0.129. The number of nitrogens with one attached hydrogen (secondary N) is 1. The number of nitrogens with zero attached hydrogens (tertiary/aromatic N) is 1. The molecule has 4 heterocycles. The summed E-state index contributed by atoms with van der Waals surface area (Å²) >= 11 is 1.36. The molecule has 1 fully saturated rings. The summed E-state index contributed by atoms with van der Waals surface area (Å²) in [7, 11) is 0. The number of benzene rings is 3. The largest absolute Gasteiger partial charge is 0.358 e. The molecule has 1 amide bonds. The molecule has 1 N–H and O–H groups in total. The van der Waals surface area contributed by atoms with E-state index in [1.54, 1.807) is 18.2 Å². The second-order valence-electron chi connectivity index (χ2n) is 9.66. The minimum absolute atomic E-state index is 0.146. The second kappa shape index (κ2) is 8.11. The average Bonchev–Trinajstić information content (AvgIpc) is 3.65. The van der Waals surface area contributed by atoms with Crippen molar-refractivity contribution in [1.82, 2.24) is 4.90 Å². The van der Waals surface area contributed by atoms with Crippen molar-refractivity contribution in [2.75, 3.05) is 5.32 Å². The SMILES string of the molecule is O=C(c1cccs1)[C@@H]1[C@@H](C(=O)c2ccccc2)[C@@]2(C(=O)Nc3ccccc32)[C@H]2c3ccccc3C=CN12. The lowest BCUT2D eigenvalue weighted by molar-refractivity contribution is -0.122. The van der Waals surface area contributed by atoms with E-state index in [2.05, 4.69) is 5.32 Å². The molecule has 4 atom stereocenters. The molecule has 3 aromatic carbocycles. The van der Waals surface area contributed by atoms with Crippen LogP contribution in [-0.4, -0.2) is 28.4 Å². The molecule has 3 aliphatic rings. The highest BCUT2D eigenvalue weighted by Crippen LogP contribution is 2.62. The zero-order valence-corrected chi connectivity index (χ0v) is 20.5. The van der Waals surface area contributed by atoms with Crippen LogP contribution in [0, 0.1) is 5.92 Å². The smallest absolute Gasteiger partial charge is 0.238 e. The molecule has 180 valence electrons. The van der Waals surface area contributed by atoms with Crippen LogP contribution < -0.4 is 5.32 Å². The number of carbonyl (C=O) groups excluding carboxylic acids is 3. The Balaban J connectivity index is 1.56. The third-order valence-corrected chi connectivity index (χ3v) is 8.83. The third kappa shape index (κ3) is 2.93. The summed E-state index contributed by atoms with van der Waals surface area (Å²) in [6, 6.07) is 26.8. The van der Waals surface area contributed by atoms with E-state index in [1.807, 2.05) is 95.4 Å². The Morgan fingerprint density at radius 2 is 1.59 bits per heavy atom. The van der Waals surface area contributed by atoms with Crippen molar-refractivity contribution >= 4 is 40.6 Å². The zero-order valence-electron chi connectivity index (χ0n) is 19.7. The van der Waals surface area contributed by atoms with E-state index < -0.39 is 23.4 Å². The fourth-order valence-electron chi connectivity index (χ4n) is 6.51. The molecule has 3 aliphatic heterocycles. The lowest BCUT2D eigenvalue weighted by Crippen LogP contribution is -2.49. The first kappa shape index (κ1) is 21.9. The molecule has 0 unspecified atom stereocenters. The van der Waals surface area contributed by atoms with Gasteiger partial charge >= 0.3 is 0 Å².